The topological polar surface area (TPSA) is 35.9 Å². The van der Waals surface area contributed by atoms with Gasteiger partial charge in [0.25, 0.3) is 0 Å². The average molecular weight is 333 g/mol. The van der Waals surface area contributed by atoms with Crippen LogP contribution in [0.25, 0.3) is 0 Å². The van der Waals surface area contributed by atoms with Gasteiger partial charge in [-0.3, -0.25) is 4.90 Å². The number of hydrogen-bond acceptors (Lipinski definition) is 4. The summed E-state index contributed by atoms with van der Waals surface area (Å²) in [6, 6.07) is 5.68. The maximum Gasteiger partial charge on any atom is 0.156 e. The van der Waals surface area contributed by atoms with E-state index in [-0.39, 0.29) is 6.10 Å². The number of benzene rings is 1. The number of para-hydroxylation sites is 1. The van der Waals surface area contributed by atoms with Gasteiger partial charge in [0.1, 0.15) is 6.61 Å². The van der Waals surface area contributed by atoms with Gasteiger partial charge < -0.3 is 14.7 Å². The van der Waals surface area contributed by atoms with E-state index in [0.29, 0.717) is 35.0 Å². The zero-order valence-corrected chi connectivity index (χ0v) is 13.9. The first-order valence-corrected chi connectivity index (χ1v) is 7.86. The van der Waals surface area contributed by atoms with Crippen molar-refractivity contribution in [1.29, 1.82) is 0 Å². The highest BCUT2D eigenvalue weighted by Gasteiger charge is 2.30. The minimum absolute atomic E-state index is 0.251. The Kier molecular flexibility index (Phi) is 6.14. The highest BCUT2D eigenvalue weighted by atomic mass is 35.5. The predicted molar refractivity (Wildman–Crippen MR) is 86.5 cm³/mol. The first-order chi connectivity index (χ1) is 9.97. The lowest BCUT2D eigenvalue weighted by atomic mass is 10.2. The van der Waals surface area contributed by atoms with Crippen LogP contribution in [-0.2, 0) is 0 Å². The second-order valence-electron chi connectivity index (χ2n) is 5.70. The van der Waals surface area contributed by atoms with E-state index in [9.17, 15) is 5.11 Å². The molecule has 118 valence electrons. The fraction of sp³-hybridized carbons (Fsp3) is 0.600. The van der Waals surface area contributed by atoms with Crippen LogP contribution < -0.4 is 4.74 Å². The number of halogens is 2. The largest absolute Gasteiger partial charge is 0.489 e. The molecule has 0 bridgehead atoms. The van der Waals surface area contributed by atoms with E-state index in [2.05, 4.69) is 9.80 Å². The zero-order valence-electron chi connectivity index (χ0n) is 12.4. The van der Waals surface area contributed by atoms with Crippen LogP contribution in [0.5, 0.6) is 5.75 Å². The lowest BCUT2D eigenvalue weighted by Gasteiger charge is -2.26. The lowest BCUT2D eigenvalue weighted by Crippen LogP contribution is -2.39. The number of aliphatic hydroxyl groups excluding tert-OH is 1. The highest BCUT2D eigenvalue weighted by Crippen LogP contribution is 2.32. The molecular formula is C15H22Cl2N2O2. The summed E-state index contributed by atoms with van der Waals surface area (Å²) in [5.41, 5.74) is 0. The molecule has 4 nitrogen and oxygen atoms in total. The van der Waals surface area contributed by atoms with Gasteiger partial charge in [-0.2, -0.15) is 0 Å². The Bertz CT molecular complexity index is 451. The Morgan fingerprint density at radius 2 is 2.00 bits per heavy atom. The van der Waals surface area contributed by atoms with Gasteiger partial charge in [-0.15, -0.1) is 0 Å². The minimum Gasteiger partial charge on any atom is -0.489 e. The molecule has 1 aliphatic heterocycles. The Hall–Kier alpha value is -0.520. The Morgan fingerprint density at radius 3 is 2.62 bits per heavy atom. The molecule has 1 N–H and O–H groups in total. The lowest BCUT2D eigenvalue weighted by molar-refractivity contribution is 0.155. The van der Waals surface area contributed by atoms with E-state index >= 15 is 0 Å². The number of nitrogens with zero attached hydrogens (tertiary/aromatic N) is 2. The van der Waals surface area contributed by atoms with Crippen molar-refractivity contribution in [2.24, 2.45) is 0 Å². The summed E-state index contributed by atoms with van der Waals surface area (Å²) in [6.45, 7) is 2.87. The number of ether oxygens (including phenoxy) is 1. The quantitative estimate of drug-likeness (QED) is 0.867. The smallest absolute Gasteiger partial charge is 0.156 e. The molecule has 0 saturated carbocycles. The molecule has 0 radical (unpaired) electrons. The Balaban J connectivity index is 1.87. The zero-order chi connectivity index (χ0) is 15.4. The van der Waals surface area contributed by atoms with E-state index < -0.39 is 0 Å². The Morgan fingerprint density at radius 1 is 1.33 bits per heavy atom. The van der Waals surface area contributed by atoms with E-state index in [1.165, 1.54) is 0 Å². The summed E-state index contributed by atoms with van der Waals surface area (Å²) in [5, 5.41) is 10.9. The Labute approximate surface area is 136 Å². The third-order valence-corrected chi connectivity index (χ3v) is 4.22. The monoisotopic (exact) mass is 332 g/mol. The van der Waals surface area contributed by atoms with Crippen LogP contribution in [0.3, 0.4) is 0 Å². The van der Waals surface area contributed by atoms with Crippen LogP contribution in [0.15, 0.2) is 18.2 Å². The van der Waals surface area contributed by atoms with E-state index in [1.807, 2.05) is 14.1 Å². The maximum atomic E-state index is 9.84. The molecule has 0 spiro atoms. The van der Waals surface area contributed by atoms with Gasteiger partial charge in [-0.1, -0.05) is 29.3 Å². The van der Waals surface area contributed by atoms with Gasteiger partial charge in [-0.05, 0) is 32.6 Å². The minimum atomic E-state index is -0.251. The third kappa shape index (κ3) is 4.73. The number of likely N-dealkylation sites (tertiary alicyclic amines) is 1. The summed E-state index contributed by atoms with van der Waals surface area (Å²) >= 11 is 12.2. The summed E-state index contributed by atoms with van der Waals surface area (Å²) in [7, 11) is 4.09. The van der Waals surface area contributed by atoms with Crippen molar-refractivity contribution >= 4 is 23.2 Å². The van der Waals surface area contributed by atoms with Gasteiger partial charge >= 0.3 is 0 Å². The molecule has 1 saturated heterocycles. The molecule has 2 atom stereocenters. The van der Waals surface area contributed by atoms with Crippen LogP contribution in [0.2, 0.25) is 10.0 Å². The summed E-state index contributed by atoms with van der Waals surface area (Å²) < 4.78 is 5.72. The third-order valence-electron chi connectivity index (χ3n) is 3.63. The number of likely N-dealkylation sites (N-methyl/N-ethyl adjacent to an activating group) is 1. The normalized spacial score (nSPS) is 23.0. The molecular weight excluding hydrogens is 311 g/mol. The van der Waals surface area contributed by atoms with Crippen molar-refractivity contribution < 1.29 is 9.84 Å². The van der Waals surface area contributed by atoms with Gasteiger partial charge in [-0.25, -0.2) is 0 Å². The fourth-order valence-electron chi connectivity index (χ4n) is 2.73. The molecule has 0 aliphatic carbocycles. The standard InChI is InChI=1S/C15H22Cl2N2O2/c1-18(2)9-11-8-12(20)10-19(11)6-7-21-15-13(16)4-3-5-14(15)17/h3-5,11-12,20H,6-10H2,1-2H3. The molecule has 1 fully saturated rings. The van der Waals surface area contributed by atoms with Crippen molar-refractivity contribution in [3.63, 3.8) is 0 Å². The molecule has 1 aromatic carbocycles. The van der Waals surface area contributed by atoms with Crippen LogP contribution in [0.4, 0.5) is 0 Å². The molecule has 6 heteroatoms. The van der Waals surface area contributed by atoms with Crippen molar-refractivity contribution in [3.05, 3.63) is 28.2 Å². The van der Waals surface area contributed by atoms with Crippen LogP contribution in [-0.4, -0.2) is 67.4 Å². The summed E-state index contributed by atoms with van der Waals surface area (Å²) in [5.74, 6) is 0.532. The van der Waals surface area contributed by atoms with Crippen LogP contribution in [0, 0.1) is 0 Å². The maximum absolute atomic E-state index is 9.84. The SMILES string of the molecule is CN(C)CC1CC(O)CN1CCOc1c(Cl)cccc1Cl. The number of aliphatic hydroxyl groups is 1. The number of hydrogen-bond donors (Lipinski definition) is 1. The van der Waals surface area contributed by atoms with E-state index in [1.54, 1.807) is 18.2 Å². The molecule has 0 aromatic heterocycles. The summed E-state index contributed by atoms with van der Waals surface area (Å²) in [6.07, 6.45) is 0.559. The average Bonchev–Trinajstić information content (AvgIpc) is 2.72. The van der Waals surface area contributed by atoms with E-state index in [0.717, 1.165) is 19.5 Å². The first-order valence-electron chi connectivity index (χ1n) is 7.11. The van der Waals surface area contributed by atoms with Gasteiger partial charge in [0.15, 0.2) is 5.75 Å². The van der Waals surface area contributed by atoms with Crippen molar-refractivity contribution in [2.75, 3.05) is 40.3 Å². The highest BCUT2D eigenvalue weighted by molar-refractivity contribution is 6.37. The predicted octanol–water partition coefficient (Wildman–Crippen LogP) is 2.37. The number of β-amino-alcohol motifs (C(OH)–C–C–N with tert-alkyl or cyclic N) is 1. The second kappa shape index (κ2) is 7.65. The molecule has 21 heavy (non-hydrogen) atoms. The van der Waals surface area contributed by atoms with Gasteiger partial charge in [0.05, 0.1) is 16.1 Å². The van der Waals surface area contributed by atoms with Gasteiger partial charge in [0.2, 0.25) is 0 Å². The van der Waals surface area contributed by atoms with Crippen LogP contribution >= 0.6 is 23.2 Å². The summed E-state index contributed by atoms with van der Waals surface area (Å²) in [4.78, 5) is 4.40. The van der Waals surface area contributed by atoms with E-state index in [4.69, 9.17) is 27.9 Å². The first kappa shape index (κ1) is 16.8. The second-order valence-corrected chi connectivity index (χ2v) is 6.51. The number of rotatable bonds is 6. The fourth-order valence-corrected chi connectivity index (χ4v) is 3.23. The molecule has 1 aromatic rings. The molecule has 2 unspecified atom stereocenters. The van der Waals surface area contributed by atoms with Crippen molar-refractivity contribution in [2.45, 2.75) is 18.6 Å². The van der Waals surface area contributed by atoms with Crippen LogP contribution in [0.1, 0.15) is 6.42 Å². The molecule has 0 amide bonds. The van der Waals surface area contributed by atoms with Crippen molar-refractivity contribution in [3.8, 4) is 5.75 Å². The van der Waals surface area contributed by atoms with Crippen molar-refractivity contribution in [1.82, 2.24) is 9.80 Å². The van der Waals surface area contributed by atoms with Gasteiger partial charge in [0, 0.05) is 25.7 Å². The molecule has 2 rings (SSSR count). The molecule has 1 heterocycles. The molecule has 1 aliphatic rings.